The van der Waals surface area contributed by atoms with Crippen LogP contribution in [0.15, 0.2) is 36.0 Å². The van der Waals surface area contributed by atoms with Crippen molar-refractivity contribution in [3.05, 3.63) is 41.6 Å². The van der Waals surface area contributed by atoms with E-state index < -0.39 is 5.97 Å². The zero-order chi connectivity index (χ0) is 10.8. The number of aliphatic carboxylic acids is 1. The first-order chi connectivity index (χ1) is 7.16. The predicted molar refractivity (Wildman–Crippen MR) is 57.0 cm³/mol. The van der Waals surface area contributed by atoms with Crippen LogP contribution >= 0.6 is 0 Å². The number of benzene rings is 1. The van der Waals surface area contributed by atoms with Crippen LogP contribution in [0.3, 0.4) is 0 Å². The Hall–Kier alpha value is -2.03. The first-order valence-corrected chi connectivity index (χ1v) is 4.63. The minimum absolute atomic E-state index is 0.227. The molecule has 0 aliphatic carbocycles. The Bertz CT molecular complexity index is 537. The third-order valence-electron chi connectivity index (χ3n) is 2.28. The van der Waals surface area contributed by atoms with Crippen LogP contribution in [0.4, 0.5) is 0 Å². The number of carbonyl (C=O) groups is 1. The molecule has 76 valence electrons. The standard InChI is InChI=1S/C12H11NO2/c1-8(12(14)15)6-9-2-3-11-10(7-9)4-5-13-11/h2-7,13H,1H3,(H,14,15)/p-1/b8-6+. The van der Waals surface area contributed by atoms with Crippen molar-refractivity contribution in [2.75, 3.05) is 0 Å². The second-order valence-electron chi connectivity index (χ2n) is 3.44. The minimum Gasteiger partial charge on any atom is -0.545 e. The van der Waals surface area contributed by atoms with Crippen LogP contribution in [0, 0.1) is 0 Å². The molecule has 0 amide bonds. The van der Waals surface area contributed by atoms with Crippen molar-refractivity contribution in [3.8, 4) is 0 Å². The van der Waals surface area contributed by atoms with Crippen LogP contribution in [0.1, 0.15) is 12.5 Å². The number of hydrogen-bond donors (Lipinski definition) is 1. The van der Waals surface area contributed by atoms with Gasteiger partial charge in [-0.05, 0) is 41.6 Å². The highest BCUT2D eigenvalue weighted by atomic mass is 16.4. The molecule has 3 heteroatoms. The largest absolute Gasteiger partial charge is 0.545 e. The highest BCUT2D eigenvalue weighted by molar-refractivity contribution is 5.91. The molecule has 15 heavy (non-hydrogen) atoms. The molecule has 0 bridgehead atoms. The lowest BCUT2D eigenvalue weighted by atomic mass is 10.1. The molecule has 0 radical (unpaired) electrons. The van der Waals surface area contributed by atoms with E-state index in [4.69, 9.17) is 0 Å². The van der Waals surface area contributed by atoms with Crippen LogP contribution in [-0.2, 0) is 4.79 Å². The van der Waals surface area contributed by atoms with E-state index in [1.54, 1.807) is 6.08 Å². The SMILES string of the molecule is C/C(=C\c1ccc2[nH]ccc2c1)C(=O)[O-]. The summed E-state index contributed by atoms with van der Waals surface area (Å²) >= 11 is 0. The quantitative estimate of drug-likeness (QED) is 0.743. The van der Waals surface area contributed by atoms with Crippen molar-refractivity contribution in [1.29, 1.82) is 0 Å². The summed E-state index contributed by atoms with van der Waals surface area (Å²) in [7, 11) is 0. The molecule has 1 aromatic carbocycles. The van der Waals surface area contributed by atoms with Gasteiger partial charge in [-0.3, -0.25) is 0 Å². The monoisotopic (exact) mass is 200 g/mol. The molecule has 0 unspecified atom stereocenters. The van der Waals surface area contributed by atoms with Crippen molar-refractivity contribution in [2.45, 2.75) is 6.92 Å². The topological polar surface area (TPSA) is 55.9 Å². The summed E-state index contributed by atoms with van der Waals surface area (Å²) in [4.78, 5) is 13.6. The number of aromatic amines is 1. The maximum atomic E-state index is 10.5. The molecule has 1 aromatic heterocycles. The third kappa shape index (κ3) is 1.91. The summed E-state index contributed by atoms with van der Waals surface area (Å²) in [6.45, 7) is 1.52. The Morgan fingerprint density at radius 3 is 2.93 bits per heavy atom. The fourth-order valence-corrected chi connectivity index (χ4v) is 1.47. The zero-order valence-corrected chi connectivity index (χ0v) is 8.28. The summed E-state index contributed by atoms with van der Waals surface area (Å²) < 4.78 is 0. The lowest BCUT2D eigenvalue weighted by molar-refractivity contribution is -0.299. The molecule has 0 spiro atoms. The summed E-state index contributed by atoms with van der Waals surface area (Å²) in [6.07, 6.45) is 3.45. The van der Waals surface area contributed by atoms with Crippen LogP contribution < -0.4 is 5.11 Å². The summed E-state index contributed by atoms with van der Waals surface area (Å²) in [6, 6.07) is 7.66. The number of aromatic nitrogens is 1. The molecule has 3 nitrogen and oxygen atoms in total. The zero-order valence-electron chi connectivity index (χ0n) is 8.28. The fraction of sp³-hybridized carbons (Fsp3) is 0.0833. The number of rotatable bonds is 2. The van der Waals surface area contributed by atoms with Crippen LogP contribution in [0.2, 0.25) is 0 Å². The van der Waals surface area contributed by atoms with E-state index in [0.717, 1.165) is 16.5 Å². The Labute approximate surface area is 87.0 Å². The van der Waals surface area contributed by atoms with E-state index in [-0.39, 0.29) is 5.57 Å². The lowest BCUT2D eigenvalue weighted by Gasteiger charge is -2.01. The molecule has 2 rings (SSSR count). The Balaban J connectivity index is 2.44. The van der Waals surface area contributed by atoms with Gasteiger partial charge in [0.2, 0.25) is 0 Å². The van der Waals surface area contributed by atoms with Gasteiger partial charge < -0.3 is 14.9 Å². The molecule has 2 aromatic rings. The number of carboxylic acid groups (broad SMARTS) is 1. The number of nitrogens with one attached hydrogen (secondary N) is 1. The van der Waals surface area contributed by atoms with Crippen molar-refractivity contribution < 1.29 is 9.90 Å². The van der Waals surface area contributed by atoms with Gasteiger partial charge in [-0.25, -0.2) is 0 Å². The molecule has 0 aliphatic rings. The maximum absolute atomic E-state index is 10.5. The Morgan fingerprint density at radius 2 is 2.20 bits per heavy atom. The average Bonchev–Trinajstić information content (AvgIpc) is 2.64. The highest BCUT2D eigenvalue weighted by Crippen LogP contribution is 2.16. The molecule has 1 heterocycles. The molecule has 1 N–H and O–H groups in total. The molecular weight excluding hydrogens is 190 g/mol. The van der Waals surface area contributed by atoms with Gasteiger partial charge in [0.05, 0.1) is 5.97 Å². The van der Waals surface area contributed by atoms with E-state index in [9.17, 15) is 9.90 Å². The molecule has 0 aliphatic heterocycles. The van der Waals surface area contributed by atoms with Crippen molar-refractivity contribution in [1.82, 2.24) is 4.98 Å². The minimum atomic E-state index is -1.14. The maximum Gasteiger partial charge on any atom is 0.0672 e. The van der Waals surface area contributed by atoms with Crippen LogP contribution in [0.5, 0.6) is 0 Å². The second kappa shape index (κ2) is 3.61. The summed E-state index contributed by atoms with van der Waals surface area (Å²) in [5, 5.41) is 11.6. The van der Waals surface area contributed by atoms with Gasteiger partial charge >= 0.3 is 0 Å². The molecular formula is C12H10NO2-. The van der Waals surface area contributed by atoms with Gasteiger partial charge in [0.25, 0.3) is 0 Å². The first kappa shape index (κ1) is 9.52. The second-order valence-corrected chi connectivity index (χ2v) is 3.44. The van der Waals surface area contributed by atoms with E-state index in [0.29, 0.717) is 0 Å². The Morgan fingerprint density at radius 1 is 1.40 bits per heavy atom. The van der Waals surface area contributed by atoms with E-state index in [1.807, 2.05) is 30.5 Å². The first-order valence-electron chi connectivity index (χ1n) is 4.63. The number of carbonyl (C=O) groups excluding carboxylic acids is 1. The van der Waals surface area contributed by atoms with Gasteiger partial charge in [0, 0.05) is 11.7 Å². The number of carboxylic acids is 1. The summed E-state index contributed by atoms with van der Waals surface area (Å²) in [5.74, 6) is -1.14. The molecule has 0 fully saturated rings. The highest BCUT2D eigenvalue weighted by Gasteiger charge is 1.96. The normalized spacial score (nSPS) is 11.9. The summed E-state index contributed by atoms with van der Waals surface area (Å²) in [5.41, 5.74) is 2.13. The predicted octanol–water partition coefficient (Wildman–Crippen LogP) is 1.32. The Kier molecular flexibility index (Phi) is 2.29. The fourth-order valence-electron chi connectivity index (χ4n) is 1.47. The lowest BCUT2D eigenvalue weighted by Crippen LogP contribution is -2.22. The van der Waals surface area contributed by atoms with Gasteiger partial charge in [-0.1, -0.05) is 12.1 Å². The van der Waals surface area contributed by atoms with Crippen molar-refractivity contribution >= 4 is 22.9 Å². The number of fused-ring (bicyclic) bond motifs is 1. The van der Waals surface area contributed by atoms with Crippen molar-refractivity contribution in [2.24, 2.45) is 0 Å². The van der Waals surface area contributed by atoms with E-state index >= 15 is 0 Å². The molecule has 0 saturated carbocycles. The smallest absolute Gasteiger partial charge is 0.0672 e. The van der Waals surface area contributed by atoms with Gasteiger partial charge in [-0.15, -0.1) is 0 Å². The van der Waals surface area contributed by atoms with Crippen LogP contribution in [-0.4, -0.2) is 11.0 Å². The third-order valence-corrected chi connectivity index (χ3v) is 2.28. The van der Waals surface area contributed by atoms with Crippen molar-refractivity contribution in [3.63, 3.8) is 0 Å². The molecule has 0 saturated heterocycles. The van der Waals surface area contributed by atoms with E-state index in [1.165, 1.54) is 6.92 Å². The van der Waals surface area contributed by atoms with Crippen LogP contribution in [0.25, 0.3) is 17.0 Å². The number of hydrogen-bond acceptors (Lipinski definition) is 2. The van der Waals surface area contributed by atoms with E-state index in [2.05, 4.69) is 4.98 Å². The van der Waals surface area contributed by atoms with Gasteiger partial charge in [0.1, 0.15) is 0 Å². The molecule has 0 atom stereocenters. The number of H-pyrrole nitrogens is 1. The average molecular weight is 200 g/mol. The van der Waals surface area contributed by atoms with Gasteiger partial charge in [-0.2, -0.15) is 0 Å². The van der Waals surface area contributed by atoms with Gasteiger partial charge in [0.15, 0.2) is 0 Å².